The number of carbonyl (C=O) groups is 4. The molecule has 0 aromatic heterocycles. The Balaban J connectivity index is 0.000000180. The lowest BCUT2D eigenvalue weighted by Gasteiger charge is -2.42. The molecule has 8 fully saturated rings. The highest BCUT2D eigenvalue weighted by Crippen LogP contribution is 2.49. The zero-order chi connectivity index (χ0) is 41.2. The number of fused-ring (bicyclic) bond motifs is 2. The quantitative estimate of drug-likeness (QED) is 0.278. The van der Waals surface area contributed by atoms with E-state index in [4.69, 9.17) is 56.8 Å². The van der Waals surface area contributed by atoms with Crippen LogP contribution < -0.4 is 0 Å². The van der Waals surface area contributed by atoms with Crippen LogP contribution in [0.1, 0.15) is 124 Å². The summed E-state index contributed by atoms with van der Waals surface area (Å²) in [7, 11) is 0. The minimum absolute atomic E-state index is 0.301. The number of ether oxygens (including phenoxy) is 12. The zero-order valence-electron chi connectivity index (χ0n) is 33.9. The summed E-state index contributed by atoms with van der Waals surface area (Å²) in [5.74, 6) is -4.55. The van der Waals surface area contributed by atoms with Crippen molar-refractivity contribution < 1.29 is 86.2 Å². The van der Waals surface area contributed by atoms with Gasteiger partial charge in [0, 0.05) is 66.2 Å². The van der Waals surface area contributed by atoms with Gasteiger partial charge in [0.1, 0.15) is 55.4 Å². The lowest BCUT2D eigenvalue weighted by molar-refractivity contribution is -0.289. The fourth-order valence-electron chi connectivity index (χ4n) is 9.81. The largest absolute Gasteiger partial charge is 0.462 e. The third-order valence-corrected chi connectivity index (χ3v) is 12.3. The van der Waals surface area contributed by atoms with E-state index in [9.17, 15) is 29.4 Å². The van der Waals surface area contributed by atoms with Crippen molar-refractivity contribution in [1.82, 2.24) is 0 Å². The summed E-state index contributed by atoms with van der Waals surface area (Å²) in [6.07, 6.45) is 3.77. The number of carbonyl (C=O) groups excluding carboxylic acids is 4. The van der Waals surface area contributed by atoms with Crippen LogP contribution >= 0.6 is 0 Å². The van der Waals surface area contributed by atoms with Gasteiger partial charge >= 0.3 is 23.9 Å². The zero-order valence-corrected chi connectivity index (χ0v) is 33.9. The van der Waals surface area contributed by atoms with Gasteiger partial charge in [-0.15, -0.1) is 0 Å². The van der Waals surface area contributed by atoms with Gasteiger partial charge in [-0.2, -0.15) is 0 Å². The molecule has 8 aliphatic rings. The maximum atomic E-state index is 11.8. The third kappa shape index (κ3) is 9.66. The fraction of sp³-hybridized carbons (Fsp3) is 0.900. The van der Waals surface area contributed by atoms with Gasteiger partial charge in [0.25, 0.3) is 0 Å². The summed E-state index contributed by atoms with van der Waals surface area (Å²) in [6, 6.07) is 0. The molecule has 3 aliphatic carbocycles. The van der Waals surface area contributed by atoms with E-state index in [0.717, 1.165) is 70.6 Å². The van der Waals surface area contributed by atoms with E-state index >= 15 is 0 Å². The van der Waals surface area contributed by atoms with Gasteiger partial charge < -0.3 is 67.1 Å². The van der Waals surface area contributed by atoms with Crippen LogP contribution in [0, 0.1) is 0 Å². The van der Waals surface area contributed by atoms with Gasteiger partial charge in [-0.25, -0.2) is 0 Å². The van der Waals surface area contributed by atoms with Gasteiger partial charge in [-0.1, -0.05) is 19.3 Å². The molecule has 0 amide bonds. The van der Waals surface area contributed by atoms with Crippen LogP contribution in [0.2, 0.25) is 0 Å². The van der Waals surface area contributed by atoms with Crippen LogP contribution in [-0.4, -0.2) is 138 Å². The normalized spacial score (nSPS) is 38.8. The minimum Gasteiger partial charge on any atom is -0.462 e. The summed E-state index contributed by atoms with van der Waals surface area (Å²) >= 11 is 0. The first-order valence-corrected chi connectivity index (χ1v) is 21.1. The van der Waals surface area contributed by atoms with Crippen molar-refractivity contribution in [2.75, 3.05) is 13.2 Å². The molecule has 3 spiro atoms. The molecule has 5 heterocycles. The molecule has 328 valence electrons. The Bertz CT molecular complexity index is 1440. The summed E-state index contributed by atoms with van der Waals surface area (Å²) in [6.45, 7) is 4.96. The molecular weight excluding hydrogens is 768 g/mol. The molecule has 18 nitrogen and oxygen atoms in total. The Hall–Kier alpha value is -2.52. The molecule has 12 atom stereocenters. The first kappa shape index (κ1) is 43.6. The van der Waals surface area contributed by atoms with Crippen LogP contribution in [0.5, 0.6) is 0 Å². The lowest BCUT2D eigenvalue weighted by Crippen LogP contribution is -2.62. The molecule has 0 aromatic rings. The van der Waals surface area contributed by atoms with E-state index in [2.05, 4.69) is 0 Å². The Morgan fingerprint density at radius 1 is 0.586 bits per heavy atom. The molecule has 0 radical (unpaired) electrons. The number of esters is 4. The van der Waals surface area contributed by atoms with Crippen molar-refractivity contribution in [2.24, 2.45) is 0 Å². The second-order valence-electron chi connectivity index (χ2n) is 16.8. The maximum Gasteiger partial charge on any atom is 0.305 e. The summed E-state index contributed by atoms with van der Waals surface area (Å²) in [4.78, 5) is 46.7. The average Bonchev–Trinajstić information content (AvgIpc) is 3.87. The third-order valence-electron chi connectivity index (χ3n) is 12.3. The van der Waals surface area contributed by atoms with Crippen molar-refractivity contribution >= 4 is 23.9 Å². The Morgan fingerprint density at radius 3 is 1.67 bits per heavy atom. The molecule has 58 heavy (non-hydrogen) atoms. The first-order chi connectivity index (χ1) is 27.7. The van der Waals surface area contributed by atoms with Crippen molar-refractivity contribution in [3.05, 3.63) is 0 Å². The number of hydrogen-bond donors (Lipinski definition) is 2. The van der Waals surface area contributed by atoms with Crippen molar-refractivity contribution in [1.29, 1.82) is 0 Å². The van der Waals surface area contributed by atoms with Crippen LogP contribution in [0.3, 0.4) is 0 Å². The fourth-order valence-corrected chi connectivity index (χ4v) is 9.81. The highest BCUT2D eigenvalue weighted by molar-refractivity contribution is 5.68. The van der Waals surface area contributed by atoms with Crippen LogP contribution in [0.25, 0.3) is 0 Å². The molecule has 0 bridgehead atoms. The molecule has 5 aliphatic heterocycles. The highest BCUT2D eigenvalue weighted by atomic mass is 16.8. The highest BCUT2D eigenvalue weighted by Gasteiger charge is 2.63. The van der Waals surface area contributed by atoms with Crippen LogP contribution in [0.4, 0.5) is 0 Å². The topological polar surface area (TPSA) is 219 Å². The summed E-state index contributed by atoms with van der Waals surface area (Å²) < 4.78 is 70.4. The molecule has 8 rings (SSSR count). The Labute approximate surface area is 338 Å². The van der Waals surface area contributed by atoms with E-state index in [-0.39, 0.29) is 12.7 Å². The van der Waals surface area contributed by atoms with Crippen molar-refractivity contribution in [2.45, 2.75) is 215 Å². The van der Waals surface area contributed by atoms with Gasteiger partial charge in [0.2, 0.25) is 6.29 Å². The number of hydrogen-bond acceptors (Lipinski definition) is 18. The van der Waals surface area contributed by atoms with E-state index in [1.54, 1.807) is 0 Å². The Morgan fingerprint density at radius 2 is 1.12 bits per heavy atom. The predicted octanol–water partition coefficient (Wildman–Crippen LogP) is 2.73. The lowest BCUT2D eigenvalue weighted by atomic mass is 9.93. The summed E-state index contributed by atoms with van der Waals surface area (Å²) in [5, 5.41) is 20.7. The number of aliphatic hydroxyl groups is 2. The van der Waals surface area contributed by atoms with E-state index < -0.39 is 109 Å². The smallest absolute Gasteiger partial charge is 0.305 e. The SMILES string of the molecule is CC(=O)OC[C@@H](OC(C)=O)[C@@H]1O[C@@H](OC(C)=O)[C@H](OC(C)=O)[C@@H]2OC3(CCCCC3)OC21.O[C@H]1[C@H](O)O[C@@H](C2COC3(CCCCC3)O2)C2OC3(CCCCC3)O[C@H]21. The molecule has 5 saturated heterocycles. The number of aliphatic hydroxyl groups excluding tert-OH is 2. The Kier molecular flexibility index (Phi) is 13.7. The standard InChI is InChI=1S/C21H30O11.C19H30O7/c1-11(22)26-10-15(27-12(2)23)16-17-18(32-21(31-17)8-6-5-7-9-21)19(28-13(3)24)20(30-16)29-14(4)25;20-13-15-16(26-19(25-15)9-5-2-6-10-19)14(23-17(13)21)12-11-22-18(24-12)7-3-1-4-8-18/h15-20H,5-10H2,1-4H3;12-17,20-21H,1-11H2/t15-,16+,17?,18-,19-,20-;12?,13-,14+,15+,16?,17-/m11/s1. The second-order valence-corrected chi connectivity index (χ2v) is 16.8. The van der Waals surface area contributed by atoms with Crippen molar-refractivity contribution in [3.8, 4) is 0 Å². The first-order valence-electron chi connectivity index (χ1n) is 21.1. The second kappa shape index (κ2) is 18.2. The van der Waals surface area contributed by atoms with Gasteiger partial charge in [0.15, 0.2) is 35.9 Å². The molecule has 18 heteroatoms. The molecule has 0 aromatic carbocycles. The molecular formula is C40H60O18. The molecule has 3 saturated carbocycles. The van der Waals surface area contributed by atoms with Gasteiger partial charge in [0.05, 0.1) is 6.61 Å². The minimum atomic E-state index is -1.33. The van der Waals surface area contributed by atoms with E-state index in [1.807, 2.05) is 0 Å². The number of rotatable bonds is 7. The van der Waals surface area contributed by atoms with Crippen molar-refractivity contribution in [3.63, 3.8) is 0 Å². The molecule has 2 N–H and O–H groups in total. The average molecular weight is 829 g/mol. The van der Waals surface area contributed by atoms with Crippen LogP contribution in [-0.2, 0) is 76.0 Å². The predicted molar refractivity (Wildman–Crippen MR) is 193 cm³/mol. The van der Waals surface area contributed by atoms with Crippen LogP contribution in [0.15, 0.2) is 0 Å². The maximum absolute atomic E-state index is 11.8. The monoisotopic (exact) mass is 828 g/mol. The van der Waals surface area contributed by atoms with Gasteiger partial charge in [-0.3, -0.25) is 19.2 Å². The van der Waals surface area contributed by atoms with E-state index in [1.165, 1.54) is 40.5 Å². The van der Waals surface area contributed by atoms with Gasteiger partial charge in [-0.05, 0) is 38.5 Å². The molecule has 3 unspecified atom stereocenters. The van der Waals surface area contributed by atoms with E-state index in [0.29, 0.717) is 19.4 Å². The summed E-state index contributed by atoms with van der Waals surface area (Å²) in [5.41, 5.74) is 0.